The SMILES string of the molecule is O=C(NCC(O)COc1ccc(C(F)(F)F)cc1)c1cc2ccc(Cl)cc2[nH]1. The zero-order chi connectivity index (χ0) is 20.3. The summed E-state index contributed by atoms with van der Waals surface area (Å²) in [6.45, 7) is -0.274. The number of halogens is 4. The first-order chi connectivity index (χ1) is 13.2. The number of aromatic nitrogens is 1. The molecule has 0 aliphatic rings. The third-order valence-electron chi connectivity index (χ3n) is 3.95. The van der Waals surface area contributed by atoms with Gasteiger partial charge in [0.1, 0.15) is 24.2 Å². The Morgan fingerprint density at radius 1 is 1.18 bits per heavy atom. The van der Waals surface area contributed by atoms with Gasteiger partial charge in [-0.1, -0.05) is 17.7 Å². The number of aliphatic hydroxyl groups is 1. The molecule has 2 aromatic carbocycles. The van der Waals surface area contributed by atoms with Crippen LogP contribution in [0.2, 0.25) is 5.02 Å². The average molecular weight is 413 g/mol. The van der Waals surface area contributed by atoms with Gasteiger partial charge in [-0.2, -0.15) is 13.2 Å². The predicted molar refractivity (Wildman–Crippen MR) is 98.6 cm³/mol. The van der Waals surface area contributed by atoms with E-state index in [-0.39, 0.29) is 18.9 Å². The largest absolute Gasteiger partial charge is 0.491 e. The maximum absolute atomic E-state index is 12.5. The summed E-state index contributed by atoms with van der Waals surface area (Å²) in [5.41, 5.74) is 0.240. The Balaban J connectivity index is 1.49. The van der Waals surface area contributed by atoms with Crippen LogP contribution >= 0.6 is 11.6 Å². The van der Waals surface area contributed by atoms with Crippen LogP contribution in [0.5, 0.6) is 5.75 Å². The molecule has 3 aromatic rings. The summed E-state index contributed by atoms with van der Waals surface area (Å²) >= 11 is 5.90. The third-order valence-corrected chi connectivity index (χ3v) is 4.19. The summed E-state index contributed by atoms with van der Waals surface area (Å²) in [7, 11) is 0. The monoisotopic (exact) mass is 412 g/mol. The Hall–Kier alpha value is -2.71. The molecule has 1 unspecified atom stereocenters. The molecule has 0 fully saturated rings. The molecule has 28 heavy (non-hydrogen) atoms. The van der Waals surface area contributed by atoms with Gasteiger partial charge in [-0.05, 0) is 42.5 Å². The van der Waals surface area contributed by atoms with Gasteiger partial charge in [0.2, 0.25) is 0 Å². The van der Waals surface area contributed by atoms with Crippen LogP contribution in [-0.4, -0.2) is 35.3 Å². The minimum absolute atomic E-state index is 0.0877. The highest BCUT2D eigenvalue weighted by molar-refractivity contribution is 6.31. The quantitative estimate of drug-likeness (QED) is 0.572. The number of aromatic amines is 1. The zero-order valence-electron chi connectivity index (χ0n) is 14.4. The minimum atomic E-state index is -4.42. The summed E-state index contributed by atoms with van der Waals surface area (Å²) in [5, 5.41) is 13.8. The van der Waals surface area contributed by atoms with Crippen molar-refractivity contribution in [1.82, 2.24) is 10.3 Å². The molecule has 9 heteroatoms. The van der Waals surface area contributed by atoms with E-state index < -0.39 is 23.8 Å². The number of nitrogens with one attached hydrogen (secondary N) is 2. The van der Waals surface area contributed by atoms with E-state index in [4.69, 9.17) is 16.3 Å². The highest BCUT2D eigenvalue weighted by atomic mass is 35.5. The molecule has 0 spiro atoms. The molecular weight excluding hydrogens is 397 g/mol. The highest BCUT2D eigenvalue weighted by Crippen LogP contribution is 2.30. The lowest BCUT2D eigenvalue weighted by Crippen LogP contribution is -2.35. The Bertz CT molecular complexity index is 971. The number of carbonyl (C=O) groups excluding carboxylic acids is 1. The topological polar surface area (TPSA) is 74.3 Å². The average Bonchev–Trinajstić information content (AvgIpc) is 3.07. The molecule has 3 rings (SSSR count). The Morgan fingerprint density at radius 3 is 2.57 bits per heavy atom. The maximum Gasteiger partial charge on any atom is 0.416 e. The van der Waals surface area contributed by atoms with Gasteiger partial charge in [-0.25, -0.2) is 0 Å². The van der Waals surface area contributed by atoms with Crippen LogP contribution in [0.15, 0.2) is 48.5 Å². The van der Waals surface area contributed by atoms with Crippen LogP contribution in [0.1, 0.15) is 16.1 Å². The lowest BCUT2D eigenvalue weighted by molar-refractivity contribution is -0.137. The molecule has 0 bridgehead atoms. The Labute approximate surface area is 163 Å². The first-order valence-corrected chi connectivity index (χ1v) is 8.65. The summed E-state index contributed by atoms with van der Waals surface area (Å²) in [5.74, 6) is -0.230. The first-order valence-electron chi connectivity index (χ1n) is 8.27. The normalized spacial score (nSPS) is 12.8. The van der Waals surface area contributed by atoms with Gasteiger partial charge in [-0.15, -0.1) is 0 Å². The van der Waals surface area contributed by atoms with Gasteiger partial charge in [0.05, 0.1) is 5.56 Å². The molecule has 1 heterocycles. The van der Waals surface area contributed by atoms with E-state index in [9.17, 15) is 23.1 Å². The number of benzene rings is 2. The van der Waals surface area contributed by atoms with Crippen LogP contribution in [0, 0.1) is 0 Å². The number of H-pyrrole nitrogens is 1. The van der Waals surface area contributed by atoms with Gasteiger partial charge in [0.25, 0.3) is 5.91 Å². The standard InChI is InChI=1S/C19H16ClF3N2O3/c20-13-4-1-11-7-17(25-16(11)8-13)18(27)24-9-14(26)10-28-15-5-2-12(3-6-15)19(21,22)23/h1-8,14,25-26H,9-10H2,(H,24,27). The molecule has 5 nitrogen and oxygen atoms in total. The summed E-state index contributed by atoms with van der Waals surface area (Å²) in [4.78, 5) is 15.1. The lowest BCUT2D eigenvalue weighted by atomic mass is 10.2. The molecule has 0 radical (unpaired) electrons. The van der Waals surface area contributed by atoms with Crippen molar-refractivity contribution in [3.05, 3.63) is 64.8 Å². The molecule has 0 aliphatic heterocycles. The number of alkyl halides is 3. The highest BCUT2D eigenvalue weighted by Gasteiger charge is 2.30. The number of fused-ring (bicyclic) bond motifs is 1. The second-order valence-corrected chi connectivity index (χ2v) is 6.55. The Kier molecular flexibility index (Phi) is 5.81. The van der Waals surface area contributed by atoms with Gasteiger partial charge in [0, 0.05) is 22.5 Å². The van der Waals surface area contributed by atoms with Crippen molar-refractivity contribution >= 4 is 28.4 Å². The van der Waals surface area contributed by atoms with Crippen LogP contribution in [-0.2, 0) is 6.18 Å². The van der Waals surface area contributed by atoms with Crippen LogP contribution in [0.3, 0.4) is 0 Å². The number of rotatable bonds is 6. The number of ether oxygens (including phenoxy) is 1. The van der Waals surface area contributed by atoms with Crippen LogP contribution in [0.4, 0.5) is 13.2 Å². The predicted octanol–water partition coefficient (Wildman–Crippen LogP) is 4.01. The number of amides is 1. The third kappa shape index (κ3) is 4.96. The fourth-order valence-electron chi connectivity index (χ4n) is 2.52. The summed E-state index contributed by atoms with van der Waals surface area (Å²) < 4.78 is 42.8. The van der Waals surface area contributed by atoms with Crippen molar-refractivity contribution < 1.29 is 27.8 Å². The van der Waals surface area contributed by atoms with E-state index in [0.29, 0.717) is 16.2 Å². The Morgan fingerprint density at radius 2 is 1.89 bits per heavy atom. The number of hydrogen-bond donors (Lipinski definition) is 3. The molecule has 3 N–H and O–H groups in total. The van der Waals surface area contributed by atoms with Gasteiger partial charge in [-0.3, -0.25) is 4.79 Å². The maximum atomic E-state index is 12.5. The zero-order valence-corrected chi connectivity index (χ0v) is 15.1. The van der Waals surface area contributed by atoms with E-state index in [1.165, 1.54) is 12.1 Å². The van der Waals surface area contributed by atoms with E-state index in [0.717, 1.165) is 17.5 Å². The molecule has 148 valence electrons. The van der Waals surface area contributed by atoms with E-state index >= 15 is 0 Å². The summed E-state index contributed by atoms with van der Waals surface area (Å²) in [6, 6.07) is 11.0. The number of hydrogen-bond acceptors (Lipinski definition) is 3. The molecular formula is C19H16ClF3N2O3. The molecule has 0 aliphatic carbocycles. The lowest BCUT2D eigenvalue weighted by Gasteiger charge is -2.13. The van der Waals surface area contributed by atoms with Gasteiger partial charge >= 0.3 is 6.18 Å². The van der Waals surface area contributed by atoms with E-state index in [1.54, 1.807) is 24.3 Å². The van der Waals surface area contributed by atoms with Crippen LogP contribution in [0.25, 0.3) is 10.9 Å². The molecule has 1 aromatic heterocycles. The first kappa shape index (κ1) is 20.0. The molecule has 1 amide bonds. The second kappa shape index (κ2) is 8.12. The molecule has 0 saturated carbocycles. The number of carbonyl (C=O) groups is 1. The molecule has 1 atom stereocenters. The van der Waals surface area contributed by atoms with Gasteiger partial charge in [0.15, 0.2) is 0 Å². The molecule has 0 saturated heterocycles. The van der Waals surface area contributed by atoms with Crippen molar-refractivity contribution in [1.29, 1.82) is 0 Å². The van der Waals surface area contributed by atoms with E-state index in [1.807, 2.05) is 0 Å². The van der Waals surface area contributed by atoms with Crippen molar-refractivity contribution in [3.63, 3.8) is 0 Å². The second-order valence-electron chi connectivity index (χ2n) is 6.11. The van der Waals surface area contributed by atoms with Crippen molar-refractivity contribution in [3.8, 4) is 5.75 Å². The van der Waals surface area contributed by atoms with Gasteiger partial charge < -0.3 is 20.1 Å². The van der Waals surface area contributed by atoms with Crippen molar-refractivity contribution in [2.24, 2.45) is 0 Å². The van der Waals surface area contributed by atoms with Crippen molar-refractivity contribution in [2.45, 2.75) is 12.3 Å². The smallest absolute Gasteiger partial charge is 0.416 e. The minimum Gasteiger partial charge on any atom is -0.491 e. The van der Waals surface area contributed by atoms with E-state index in [2.05, 4.69) is 10.3 Å². The van der Waals surface area contributed by atoms with Crippen LogP contribution < -0.4 is 10.1 Å². The fourth-order valence-corrected chi connectivity index (χ4v) is 2.69. The summed E-state index contributed by atoms with van der Waals surface area (Å²) in [6.07, 6.45) is -5.46. The number of aliphatic hydroxyl groups excluding tert-OH is 1. The van der Waals surface area contributed by atoms with Crippen molar-refractivity contribution in [2.75, 3.05) is 13.2 Å². The fraction of sp³-hybridized carbons (Fsp3) is 0.211.